The summed E-state index contributed by atoms with van der Waals surface area (Å²) in [6.45, 7) is 5.71. The van der Waals surface area contributed by atoms with Crippen LogP contribution in [0.1, 0.15) is 55.3 Å². The van der Waals surface area contributed by atoms with Crippen molar-refractivity contribution in [1.82, 2.24) is 4.57 Å². The van der Waals surface area contributed by atoms with Gasteiger partial charge in [-0.3, -0.25) is 0 Å². The lowest BCUT2D eigenvalue weighted by atomic mass is 9.96. The van der Waals surface area contributed by atoms with E-state index in [2.05, 4.69) is 96.9 Å². The molecular formula is C24H31N2+. The summed E-state index contributed by atoms with van der Waals surface area (Å²) in [7, 11) is 2.19. The van der Waals surface area contributed by atoms with Gasteiger partial charge >= 0.3 is 0 Å². The largest absolute Gasteiger partial charge is 0.260 e. The van der Waals surface area contributed by atoms with Crippen LogP contribution in [0, 0.1) is 0 Å². The minimum Gasteiger partial charge on any atom is -0.236 e. The van der Waals surface area contributed by atoms with Crippen LogP contribution in [0.3, 0.4) is 0 Å². The molecule has 3 aromatic rings. The van der Waals surface area contributed by atoms with E-state index in [9.17, 15) is 0 Å². The maximum absolute atomic E-state index is 2.57. The fourth-order valence-electron chi connectivity index (χ4n) is 3.69. The Hall–Kier alpha value is -2.35. The molecule has 26 heavy (non-hydrogen) atoms. The van der Waals surface area contributed by atoms with Crippen molar-refractivity contribution in [2.75, 3.05) is 0 Å². The van der Waals surface area contributed by atoms with E-state index in [0.717, 1.165) is 19.4 Å². The fourth-order valence-corrected chi connectivity index (χ4v) is 3.69. The molecule has 0 amide bonds. The van der Waals surface area contributed by atoms with Crippen molar-refractivity contribution < 1.29 is 4.57 Å². The topological polar surface area (TPSA) is 8.81 Å². The Morgan fingerprint density at radius 1 is 0.962 bits per heavy atom. The minimum atomic E-state index is 0.524. The zero-order valence-corrected chi connectivity index (χ0v) is 16.4. The molecule has 0 aliphatic rings. The van der Waals surface area contributed by atoms with Crippen LogP contribution in [0.4, 0.5) is 0 Å². The second-order valence-electron chi connectivity index (χ2n) is 7.33. The molecule has 0 aliphatic carbocycles. The quantitative estimate of drug-likeness (QED) is 0.504. The number of benzene rings is 2. The zero-order chi connectivity index (χ0) is 18.4. The van der Waals surface area contributed by atoms with Crippen LogP contribution in [-0.2, 0) is 26.4 Å². The molecule has 2 nitrogen and oxygen atoms in total. The van der Waals surface area contributed by atoms with Gasteiger partial charge < -0.3 is 0 Å². The van der Waals surface area contributed by atoms with Gasteiger partial charge in [0.05, 0.1) is 20.0 Å². The molecule has 0 saturated heterocycles. The van der Waals surface area contributed by atoms with E-state index in [0.29, 0.717) is 5.92 Å². The van der Waals surface area contributed by atoms with Gasteiger partial charge in [-0.15, -0.1) is 0 Å². The van der Waals surface area contributed by atoms with Gasteiger partial charge in [-0.05, 0) is 23.5 Å². The van der Waals surface area contributed by atoms with Gasteiger partial charge in [0.25, 0.3) is 5.82 Å². The maximum atomic E-state index is 2.57. The van der Waals surface area contributed by atoms with Gasteiger partial charge in [0.1, 0.15) is 11.9 Å². The second kappa shape index (κ2) is 8.84. The molecule has 0 saturated carbocycles. The molecule has 1 unspecified atom stereocenters. The smallest absolute Gasteiger partial charge is 0.236 e. The zero-order valence-electron chi connectivity index (χ0n) is 16.4. The van der Waals surface area contributed by atoms with Crippen molar-refractivity contribution in [1.29, 1.82) is 0 Å². The van der Waals surface area contributed by atoms with Crippen molar-refractivity contribution in [3.8, 4) is 0 Å². The first-order chi connectivity index (χ1) is 12.7. The Balaban J connectivity index is 1.88. The third-order valence-electron chi connectivity index (χ3n) is 5.23. The first kappa shape index (κ1) is 18.4. The number of imidazole rings is 1. The second-order valence-corrected chi connectivity index (χ2v) is 7.33. The summed E-state index contributed by atoms with van der Waals surface area (Å²) in [6, 6.07) is 21.7. The first-order valence-corrected chi connectivity index (χ1v) is 9.84. The molecule has 0 spiro atoms. The fraction of sp³-hybridized carbons (Fsp3) is 0.375. The SMILES string of the molecule is CCCC[n+]1c(CC(C)c2ccccc2)cn(C)c1Cc1ccccc1. The molecule has 136 valence electrons. The van der Waals surface area contributed by atoms with Crippen LogP contribution >= 0.6 is 0 Å². The molecule has 0 radical (unpaired) electrons. The average molecular weight is 348 g/mol. The normalized spacial score (nSPS) is 12.3. The highest BCUT2D eigenvalue weighted by Gasteiger charge is 2.23. The highest BCUT2D eigenvalue weighted by Crippen LogP contribution is 2.20. The molecule has 3 rings (SSSR count). The Kier molecular flexibility index (Phi) is 6.27. The third kappa shape index (κ3) is 4.43. The number of aryl methyl sites for hydroxylation is 1. The lowest BCUT2D eigenvalue weighted by Gasteiger charge is -2.11. The molecule has 0 N–H and O–H groups in total. The van der Waals surface area contributed by atoms with Gasteiger partial charge in [-0.2, -0.15) is 0 Å². The van der Waals surface area contributed by atoms with E-state index in [1.807, 2.05) is 0 Å². The number of hydrogen-bond donors (Lipinski definition) is 0. The van der Waals surface area contributed by atoms with Crippen molar-refractivity contribution >= 4 is 0 Å². The summed E-state index contributed by atoms with van der Waals surface area (Å²) in [5.74, 6) is 1.93. The Morgan fingerprint density at radius 3 is 2.27 bits per heavy atom. The van der Waals surface area contributed by atoms with E-state index in [1.165, 1.54) is 35.5 Å². The van der Waals surface area contributed by atoms with Crippen molar-refractivity contribution in [3.63, 3.8) is 0 Å². The maximum Gasteiger partial charge on any atom is 0.260 e. The summed E-state index contributed by atoms with van der Waals surface area (Å²) in [5, 5.41) is 0. The van der Waals surface area contributed by atoms with Gasteiger partial charge in [0.15, 0.2) is 0 Å². The Bertz CT molecular complexity index is 803. The molecule has 0 bridgehead atoms. The Morgan fingerprint density at radius 2 is 1.62 bits per heavy atom. The monoisotopic (exact) mass is 347 g/mol. The molecule has 0 fully saturated rings. The minimum absolute atomic E-state index is 0.524. The molecule has 1 atom stereocenters. The van der Waals surface area contributed by atoms with Gasteiger partial charge in [0, 0.05) is 6.42 Å². The van der Waals surface area contributed by atoms with E-state index < -0.39 is 0 Å². The summed E-state index contributed by atoms with van der Waals surface area (Å²) in [4.78, 5) is 0. The van der Waals surface area contributed by atoms with E-state index in [4.69, 9.17) is 0 Å². The standard InChI is InChI=1S/C24H31N2/c1-4-5-16-26-23(17-20(2)22-14-10-7-11-15-22)19-25(3)24(26)18-21-12-8-6-9-13-21/h6-15,19-20H,4-5,16-18H2,1-3H3/q+1. The lowest BCUT2D eigenvalue weighted by molar-refractivity contribution is -0.710. The van der Waals surface area contributed by atoms with Gasteiger partial charge in [0.2, 0.25) is 0 Å². The number of unbranched alkanes of at least 4 members (excludes halogenated alkanes) is 1. The number of aromatic nitrogens is 2. The van der Waals surface area contributed by atoms with Gasteiger partial charge in [-0.25, -0.2) is 9.13 Å². The van der Waals surface area contributed by atoms with E-state index in [1.54, 1.807) is 0 Å². The number of hydrogen-bond acceptors (Lipinski definition) is 0. The van der Waals surface area contributed by atoms with Crippen LogP contribution in [-0.4, -0.2) is 4.57 Å². The number of rotatable bonds is 8. The predicted octanol–water partition coefficient (Wildman–Crippen LogP) is 5.05. The first-order valence-electron chi connectivity index (χ1n) is 9.84. The molecule has 0 aliphatic heterocycles. The van der Waals surface area contributed by atoms with Crippen molar-refractivity contribution in [2.24, 2.45) is 7.05 Å². The highest BCUT2D eigenvalue weighted by molar-refractivity contribution is 5.21. The highest BCUT2D eigenvalue weighted by atomic mass is 15.1. The van der Waals surface area contributed by atoms with Crippen LogP contribution in [0.5, 0.6) is 0 Å². The van der Waals surface area contributed by atoms with Gasteiger partial charge in [-0.1, -0.05) is 80.9 Å². The molecule has 2 heteroatoms. The van der Waals surface area contributed by atoms with Crippen LogP contribution < -0.4 is 4.57 Å². The summed E-state index contributed by atoms with van der Waals surface area (Å²) >= 11 is 0. The number of nitrogens with zero attached hydrogens (tertiary/aromatic N) is 2. The third-order valence-corrected chi connectivity index (χ3v) is 5.23. The van der Waals surface area contributed by atoms with Crippen LogP contribution in [0.2, 0.25) is 0 Å². The summed E-state index contributed by atoms with van der Waals surface area (Å²) < 4.78 is 4.89. The summed E-state index contributed by atoms with van der Waals surface area (Å²) in [6.07, 6.45) is 6.86. The molecule has 1 aromatic heterocycles. The van der Waals surface area contributed by atoms with E-state index >= 15 is 0 Å². The summed E-state index contributed by atoms with van der Waals surface area (Å²) in [5.41, 5.74) is 4.24. The van der Waals surface area contributed by atoms with Crippen LogP contribution in [0.15, 0.2) is 66.9 Å². The Labute approximate surface area is 158 Å². The molecule has 1 heterocycles. The van der Waals surface area contributed by atoms with Crippen LogP contribution in [0.25, 0.3) is 0 Å². The van der Waals surface area contributed by atoms with Crippen molar-refractivity contribution in [3.05, 3.63) is 89.5 Å². The average Bonchev–Trinajstić information content (AvgIpc) is 2.96. The predicted molar refractivity (Wildman–Crippen MR) is 108 cm³/mol. The molecule has 2 aromatic carbocycles. The molecular weight excluding hydrogens is 316 g/mol. The van der Waals surface area contributed by atoms with E-state index in [-0.39, 0.29) is 0 Å². The lowest BCUT2D eigenvalue weighted by Crippen LogP contribution is -2.41. The van der Waals surface area contributed by atoms with Crippen molar-refractivity contribution in [2.45, 2.75) is 52.0 Å².